The molecule has 1 aromatic rings. The number of benzene rings is 1. The van der Waals surface area contributed by atoms with Crippen LogP contribution in [-0.2, 0) is 4.79 Å². The summed E-state index contributed by atoms with van der Waals surface area (Å²) in [4.78, 5) is 15.5. The number of likely N-dealkylation sites (tertiary alicyclic amines) is 1. The molecular formula is C15H21ClN2OS. The fourth-order valence-electron chi connectivity index (χ4n) is 2.51. The van der Waals surface area contributed by atoms with Crippen molar-refractivity contribution in [3.05, 3.63) is 29.3 Å². The summed E-state index contributed by atoms with van der Waals surface area (Å²) in [5.74, 6) is 0.834. The molecule has 1 aromatic carbocycles. The normalized spacial score (nSPS) is 20.1. The standard InChI is InChI=1S/C15H21ClN2OS/c1-11(20-14-5-3-13(16)4-6-14)15(19)18-8-7-12(10-18)9-17-2/h3-6,11-12,17H,7-10H2,1-2H3. The van der Waals surface area contributed by atoms with Crippen LogP contribution in [0.1, 0.15) is 13.3 Å². The Balaban J connectivity index is 1.87. The first kappa shape index (κ1) is 15.7. The predicted molar refractivity (Wildman–Crippen MR) is 85.4 cm³/mol. The van der Waals surface area contributed by atoms with Crippen LogP contribution in [0.4, 0.5) is 0 Å². The van der Waals surface area contributed by atoms with E-state index in [0.29, 0.717) is 5.92 Å². The lowest BCUT2D eigenvalue weighted by atomic mass is 10.1. The molecule has 0 aromatic heterocycles. The Hall–Kier alpha value is -0.710. The lowest BCUT2D eigenvalue weighted by molar-refractivity contribution is -0.129. The maximum absolute atomic E-state index is 12.4. The third kappa shape index (κ3) is 4.14. The molecule has 1 aliphatic rings. The molecule has 1 N–H and O–H groups in total. The molecule has 110 valence electrons. The lowest BCUT2D eigenvalue weighted by Crippen LogP contribution is -2.35. The Morgan fingerprint density at radius 2 is 2.20 bits per heavy atom. The van der Waals surface area contributed by atoms with Crippen molar-refractivity contribution in [3.63, 3.8) is 0 Å². The molecule has 0 aliphatic carbocycles. The summed E-state index contributed by atoms with van der Waals surface area (Å²) < 4.78 is 0. The zero-order valence-corrected chi connectivity index (χ0v) is 13.5. The van der Waals surface area contributed by atoms with Gasteiger partial charge in [0.1, 0.15) is 0 Å². The highest BCUT2D eigenvalue weighted by Gasteiger charge is 2.28. The molecule has 1 fully saturated rings. The van der Waals surface area contributed by atoms with E-state index in [-0.39, 0.29) is 11.2 Å². The third-order valence-electron chi connectivity index (χ3n) is 3.56. The second-order valence-corrected chi connectivity index (χ2v) is 7.06. The van der Waals surface area contributed by atoms with Crippen LogP contribution >= 0.6 is 23.4 Å². The SMILES string of the molecule is CNCC1CCN(C(=O)C(C)Sc2ccc(Cl)cc2)C1. The highest BCUT2D eigenvalue weighted by molar-refractivity contribution is 8.00. The van der Waals surface area contributed by atoms with E-state index in [1.54, 1.807) is 11.8 Å². The summed E-state index contributed by atoms with van der Waals surface area (Å²) in [6.07, 6.45) is 1.10. The summed E-state index contributed by atoms with van der Waals surface area (Å²) in [5.41, 5.74) is 0. The molecule has 0 bridgehead atoms. The quantitative estimate of drug-likeness (QED) is 0.849. The number of hydrogen-bond donors (Lipinski definition) is 1. The van der Waals surface area contributed by atoms with Crippen LogP contribution in [-0.4, -0.2) is 42.7 Å². The lowest BCUT2D eigenvalue weighted by Gasteiger charge is -2.20. The minimum atomic E-state index is -0.0514. The summed E-state index contributed by atoms with van der Waals surface area (Å²) in [6, 6.07) is 7.65. The van der Waals surface area contributed by atoms with Gasteiger partial charge in [0.25, 0.3) is 0 Å². The number of halogens is 1. The Morgan fingerprint density at radius 1 is 1.50 bits per heavy atom. The summed E-state index contributed by atoms with van der Waals surface area (Å²) in [6.45, 7) is 4.73. The van der Waals surface area contributed by atoms with Gasteiger partial charge >= 0.3 is 0 Å². The molecule has 5 heteroatoms. The highest BCUT2D eigenvalue weighted by Crippen LogP contribution is 2.27. The Kier molecular flexibility index (Phi) is 5.75. The van der Waals surface area contributed by atoms with Gasteiger partial charge in [-0.3, -0.25) is 4.79 Å². The van der Waals surface area contributed by atoms with E-state index in [1.807, 2.05) is 43.1 Å². The van der Waals surface area contributed by atoms with E-state index >= 15 is 0 Å². The average molecular weight is 313 g/mol. The van der Waals surface area contributed by atoms with Gasteiger partial charge in [-0.05, 0) is 57.1 Å². The van der Waals surface area contributed by atoms with E-state index in [1.165, 1.54) is 0 Å². The molecule has 20 heavy (non-hydrogen) atoms. The van der Waals surface area contributed by atoms with Gasteiger partial charge in [0, 0.05) is 23.0 Å². The first-order valence-corrected chi connectivity index (χ1v) is 8.21. The topological polar surface area (TPSA) is 32.3 Å². The Morgan fingerprint density at radius 3 is 2.85 bits per heavy atom. The van der Waals surface area contributed by atoms with Crippen LogP contribution in [0, 0.1) is 5.92 Å². The van der Waals surface area contributed by atoms with E-state index < -0.39 is 0 Å². The number of nitrogens with one attached hydrogen (secondary N) is 1. The van der Waals surface area contributed by atoms with Crippen LogP contribution < -0.4 is 5.32 Å². The van der Waals surface area contributed by atoms with Crippen molar-refractivity contribution >= 4 is 29.3 Å². The van der Waals surface area contributed by atoms with Gasteiger partial charge < -0.3 is 10.2 Å². The summed E-state index contributed by atoms with van der Waals surface area (Å²) in [5, 5.41) is 3.86. The van der Waals surface area contributed by atoms with Gasteiger partial charge in [-0.2, -0.15) is 0 Å². The zero-order valence-electron chi connectivity index (χ0n) is 11.9. The maximum Gasteiger partial charge on any atom is 0.235 e. The molecule has 2 rings (SSSR count). The van der Waals surface area contributed by atoms with Crippen LogP contribution in [0.25, 0.3) is 0 Å². The molecule has 2 atom stereocenters. The maximum atomic E-state index is 12.4. The molecule has 0 saturated carbocycles. The molecule has 1 saturated heterocycles. The molecule has 1 amide bonds. The average Bonchev–Trinajstić information content (AvgIpc) is 2.89. The minimum absolute atomic E-state index is 0.0514. The zero-order chi connectivity index (χ0) is 14.5. The number of amides is 1. The van der Waals surface area contributed by atoms with Crippen LogP contribution in [0.15, 0.2) is 29.2 Å². The second-order valence-electron chi connectivity index (χ2n) is 5.21. The number of nitrogens with zero attached hydrogens (tertiary/aromatic N) is 1. The van der Waals surface area contributed by atoms with Crippen molar-refractivity contribution in [2.45, 2.75) is 23.5 Å². The Labute approximate surface area is 130 Å². The first-order chi connectivity index (χ1) is 9.60. The number of hydrogen-bond acceptors (Lipinski definition) is 3. The van der Waals surface area contributed by atoms with Crippen LogP contribution in [0.5, 0.6) is 0 Å². The van der Waals surface area contributed by atoms with Gasteiger partial charge in [-0.1, -0.05) is 11.6 Å². The third-order valence-corrected chi connectivity index (χ3v) is 4.92. The van der Waals surface area contributed by atoms with Crippen molar-refractivity contribution in [3.8, 4) is 0 Å². The van der Waals surface area contributed by atoms with Gasteiger partial charge in [0.05, 0.1) is 5.25 Å². The molecular weight excluding hydrogens is 292 g/mol. The first-order valence-electron chi connectivity index (χ1n) is 6.95. The summed E-state index contributed by atoms with van der Waals surface area (Å²) in [7, 11) is 1.96. The van der Waals surface area contributed by atoms with E-state index in [2.05, 4.69) is 5.32 Å². The van der Waals surface area contributed by atoms with Crippen molar-refractivity contribution < 1.29 is 4.79 Å². The highest BCUT2D eigenvalue weighted by atomic mass is 35.5. The smallest absolute Gasteiger partial charge is 0.235 e. The number of rotatable bonds is 5. The molecule has 3 nitrogen and oxygen atoms in total. The number of carbonyl (C=O) groups excluding carboxylic acids is 1. The molecule has 1 aliphatic heterocycles. The van der Waals surface area contributed by atoms with Crippen molar-refractivity contribution in [1.29, 1.82) is 0 Å². The Bertz CT molecular complexity index is 452. The number of thioether (sulfide) groups is 1. The van der Waals surface area contributed by atoms with Gasteiger partial charge in [-0.25, -0.2) is 0 Å². The van der Waals surface area contributed by atoms with Crippen molar-refractivity contribution in [1.82, 2.24) is 10.2 Å². The van der Waals surface area contributed by atoms with Crippen molar-refractivity contribution in [2.24, 2.45) is 5.92 Å². The molecule has 1 heterocycles. The van der Waals surface area contributed by atoms with E-state index in [9.17, 15) is 4.79 Å². The fraction of sp³-hybridized carbons (Fsp3) is 0.533. The predicted octanol–water partition coefficient (Wildman–Crippen LogP) is 2.89. The monoisotopic (exact) mass is 312 g/mol. The van der Waals surface area contributed by atoms with Gasteiger partial charge in [0.15, 0.2) is 0 Å². The minimum Gasteiger partial charge on any atom is -0.341 e. The second kappa shape index (κ2) is 7.34. The largest absolute Gasteiger partial charge is 0.341 e. The van der Waals surface area contributed by atoms with Gasteiger partial charge in [-0.15, -0.1) is 11.8 Å². The molecule has 0 spiro atoms. The summed E-state index contributed by atoms with van der Waals surface area (Å²) >= 11 is 7.47. The van der Waals surface area contributed by atoms with Gasteiger partial charge in [0.2, 0.25) is 5.91 Å². The molecule has 0 radical (unpaired) electrons. The van der Waals surface area contributed by atoms with Crippen LogP contribution in [0.2, 0.25) is 5.02 Å². The van der Waals surface area contributed by atoms with Crippen LogP contribution in [0.3, 0.4) is 0 Å². The van der Waals surface area contributed by atoms with E-state index in [4.69, 9.17) is 11.6 Å². The van der Waals surface area contributed by atoms with E-state index in [0.717, 1.165) is 36.0 Å². The molecule has 2 unspecified atom stereocenters. The number of carbonyl (C=O) groups is 1. The van der Waals surface area contributed by atoms with Crippen molar-refractivity contribution in [2.75, 3.05) is 26.7 Å². The fourth-order valence-corrected chi connectivity index (χ4v) is 3.59.